The van der Waals surface area contributed by atoms with E-state index in [0.29, 0.717) is 6.61 Å². The monoisotopic (exact) mass is 340 g/mol. The topological polar surface area (TPSA) is 48.1 Å². The van der Waals surface area contributed by atoms with Crippen molar-refractivity contribution in [2.24, 2.45) is 0 Å². The highest BCUT2D eigenvalue weighted by atomic mass is 35.5. The molecule has 4 nitrogen and oxygen atoms in total. The van der Waals surface area contributed by atoms with E-state index in [1.54, 1.807) is 13.8 Å². The van der Waals surface area contributed by atoms with Crippen molar-refractivity contribution < 1.29 is 19.0 Å². The molecule has 0 radical (unpaired) electrons. The molecule has 1 aromatic carbocycles. The third-order valence-corrected chi connectivity index (χ3v) is 4.01. The molecular formula is C18H25ClO4. The summed E-state index contributed by atoms with van der Waals surface area (Å²) in [5.74, 6) is -0.720. The van der Waals surface area contributed by atoms with Crippen LogP contribution in [0.4, 0.5) is 4.79 Å². The van der Waals surface area contributed by atoms with Crippen LogP contribution in [0, 0.1) is 0 Å². The fourth-order valence-electron chi connectivity index (χ4n) is 2.43. The van der Waals surface area contributed by atoms with Crippen molar-refractivity contribution in [1.29, 1.82) is 0 Å². The Labute approximate surface area is 143 Å². The zero-order valence-electron chi connectivity index (χ0n) is 13.8. The maximum absolute atomic E-state index is 11.5. The SMILES string of the molecule is CC(C)OC(=O)OC1(CCCCCCc2ccc(Cl)cc2)CO1. The molecule has 128 valence electrons. The normalized spacial score (nSPS) is 19.7. The molecule has 1 heterocycles. The van der Waals surface area contributed by atoms with E-state index in [1.807, 2.05) is 12.1 Å². The highest BCUT2D eigenvalue weighted by Crippen LogP contribution is 2.35. The lowest BCUT2D eigenvalue weighted by atomic mass is 10.0. The van der Waals surface area contributed by atoms with Gasteiger partial charge in [0, 0.05) is 11.4 Å². The molecule has 0 bridgehead atoms. The van der Waals surface area contributed by atoms with Crippen LogP contribution in [0.5, 0.6) is 0 Å². The van der Waals surface area contributed by atoms with Gasteiger partial charge in [-0.1, -0.05) is 36.6 Å². The molecule has 0 spiro atoms. The lowest BCUT2D eigenvalue weighted by Crippen LogP contribution is -2.24. The smallest absolute Gasteiger partial charge is 0.432 e. The molecule has 0 N–H and O–H groups in total. The quantitative estimate of drug-likeness (QED) is 0.355. The van der Waals surface area contributed by atoms with Crippen LogP contribution in [0.1, 0.15) is 51.5 Å². The molecule has 1 fully saturated rings. The van der Waals surface area contributed by atoms with Gasteiger partial charge in [0.15, 0.2) is 0 Å². The van der Waals surface area contributed by atoms with Gasteiger partial charge in [-0.3, -0.25) is 0 Å². The highest BCUT2D eigenvalue weighted by molar-refractivity contribution is 6.30. The van der Waals surface area contributed by atoms with Crippen molar-refractivity contribution in [2.75, 3.05) is 6.61 Å². The first-order chi connectivity index (χ1) is 11.0. The minimum atomic E-state index is -0.720. The van der Waals surface area contributed by atoms with E-state index in [-0.39, 0.29) is 6.10 Å². The van der Waals surface area contributed by atoms with Gasteiger partial charge in [0.25, 0.3) is 0 Å². The van der Waals surface area contributed by atoms with Crippen LogP contribution in [-0.2, 0) is 20.6 Å². The van der Waals surface area contributed by atoms with Crippen molar-refractivity contribution in [1.82, 2.24) is 0 Å². The molecule has 23 heavy (non-hydrogen) atoms. The molecule has 1 saturated heterocycles. The molecule has 0 amide bonds. The first-order valence-electron chi connectivity index (χ1n) is 8.27. The van der Waals surface area contributed by atoms with Crippen LogP contribution in [-0.4, -0.2) is 24.7 Å². The third kappa shape index (κ3) is 6.80. The summed E-state index contributed by atoms with van der Waals surface area (Å²) in [5.41, 5.74) is 1.32. The summed E-state index contributed by atoms with van der Waals surface area (Å²) in [6.07, 6.45) is 5.36. The van der Waals surface area contributed by atoms with Crippen molar-refractivity contribution in [3.05, 3.63) is 34.9 Å². The van der Waals surface area contributed by atoms with Crippen molar-refractivity contribution in [2.45, 2.75) is 64.3 Å². The number of rotatable bonds is 9. The Kier molecular flexibility index (Phi) is 6.72. The lowest BCUT2D eigenvalue weighted by molar-refractivity contribution is -0.0485. The first-order valence-corrected chi connectivity index (χ1v) is 8.65. The molecule has 2 rings (SSSR count). The second-order valence-corrected chi connectivity index (χ2v) is 6.70. The van der Waals surface area contributed by atoms with Crippen LogP contribution < -0.4 is 0 Å². The van der Waals surface area contributed by atoms with Crippen molar-refractivity contribution in [3.8, 4) is 0 Å². The van der Waals surface area contributed by atoms with E-state index in [1.165, 1.54) is 5.56 Å². The summed E-state index contributed by atoms with van der Waals surface area (Å²) in [5, 5.41) is 0.777. The first kappa shape index (κ1) is 18.1. The number of epoxide rings is 1. The summed E-state index contributed by atoms with van der Waals surface area (Å²) in [6, 6.07) is 8.00. The number of benzene rings is 1. The van der Waals surface area contributed by atoms with E-state index in [4.69, 9.17) is 25.8 Å². The number of carbonyl (C=O) groups is 1. The van der Waals surface area contributed by atoms with Gasteiger partial charge in [-0.2, -0.15) is 0 Å². The number of ether oxygens (including phenoxy) is 3. The van der Waals surface area contributed by atoms with Gasteiger partial charge in [0.05, 0.1) is 6.10 Å². The van der Waals surface area contributed by atoms with Gasteiger partial charge in [0.2, 0.25) is 5.79 Å². The Morgan fingerprint density at radius 1 is 1.22 bits per heavy atom. The second-order valence-electron chi connectivity index (χ2n) is 6.26. The zero-order valence-corrected chi connectivity index (χ0v) is 14.6. The number of unbranched alkanes of at least 4 members (excludes halogenated alkanes) is 3. The number of carbonyl (C=O) groups excluding carboxylic acids is 1. The average Bonchev–Trinajstić information content (AvgIpc) is 3.23. The van der Waals surface area contributed by atoms with Crippen LogP contribution in [0.15, 0.2) is 24.3 Å². The molecule has 1 aromatic rings. The molecule has 0 aliphatic carbocycles. The summed E-state index contributed by atoms with van der Waals surface area (Å²) >= 11 is 5.87. The van der Waals surface area contributed by atoms with E-state index < -0.39 is 11.9 Å². The van der Waals surface area contributed by atoms with Crippen LogP contribution >= 0.6 is 11.6 Å². The maximum Gasteiger partial charge on any atom is 0.511 e. The predicted molar refractivity (Wildman–Crippen MR) is 89.6 cm³/mol. The minimum absolute atomic E-state index is 0.175. The zero-order chi connectivity index (χ0) is 16.7. The van der Waals surface area contributed by atoms with E-state index in [2.05, 4.69) is 12.1 Å². The van der Waals surface area contributed by atoms with Gasteiger partial charge in [-0.05, 0) is 50.8 Å². The maximum atomic E-state index is 11.5. The number of aryl methyl sites for hydroxylation is 1. The highest BCUT2D eigenvalue weighted by Gasteiger charge is 2.49. The van der Waals surface area contributed by atoms with Gasteiger partial charge >= 0.3 is 6.16 Å². The molecule has 1 aliphatic heterocycles. The fourth-order valence-corrected chi connectivity index (χ4v) is 2.56. The Balaban J connectivity index is 1.55. The molecule has 1 aliphatic rings. The third-order valence-electron chi connectivity index (χ3n) is 3.75. The standard InChI is InChI=1S/C18H25ClO4/c1-14(2)22-17(20)23-18(13-21-18)12-6-4-3-5-7-15-8-10-16(19)11-9-15/h8-11,14H,3-7,12-13H2,1-2H3. The number of hydrogen-bond donors (Lipinski definition) is 0. The minimum Gasteiger partial charge on any atom is -0.432 e. The molecule has 1 unspecified atom stereocenters. The molecule has 0 aromatic heterocycles. The Morgan fingerprint density at radius 3 is 2.48 bits per heavy atom. The number of halogens is 1. The Morgan fingerprint density at radius 2 is 1.87 bits per heavy atom. The van der Waals surface area contributed by atoms with Crippen LogP contribution in [0.3, 0.4) is 0 Å². The van der Waals surface area contributed by atoms with Crippen LogP contribution in [0.25, 0.3) is 0 Å². The molecule has 1 atom stereocenters. The van der Waals surface area contributed by atoms with Crippen molar-refractivity contribution >= 4 is 17.8 Å². The van der Waals surface area contributed by atoms with Gasteiger partial charge < -0.3 is 14.2 Å². The Hall–Kier alpha value is -1.26. The lowest BCUT2D eigenvalue weighted by Gasteiger charge is -2.14. The summed E-state index contributed by atoms with van der Waals surface area (Å²) < 4.78 is 15.5. The van der Waals surface area contributed by atoms with Gasteiger partial charge in [-0.15, -0.1) is 0 Å². The van der Waals surface area contributed by atoms with E-state index in [9.17, 15) is 4.79 Å². The average molecular weight is 341 g/mol. The molecular weight excluding hydrogens is 316 g/mol. The Bertz CT molecular complexity index is 494. The fraction of sp³-hybridized carbons (Fsp3) is 0.611. The largest absolute Gasteiger partial charge is 0.511 e. The second kappa shape index (κ2) is 8.55. The van der Waals surface area contributed by atoms with Crippen LogP contribution in [0.2, 0.25) is 5.02 Å². The van der Waals surface area contributed by atoms with E-state index in [0.717, 1.165) is 43.5 Å². The van der Waals surface area contributed by atoms with Gasteiger partial charge in [0.1, 0.15) is 6.61 Å². The molecule has 0 saturated carbocycles. The summed E-state index contributed by atoms with van der Waals surface area (Å²) in [7, 11) is 0. The molecule has 5 heteroatoms. The summed E-state index contributed by atoms with van der Waals surface area (Å²) in [4.78, 5) is 11.5. The number of hydrogen-bond acceptors (Lipinski definition) is 4. The van der Waals surface area contributed by atoms with E-state index >= 15 is 0 Å². The van der Waals surface area contributed by atoms with Crippen molar-refractivity contribution in [3.63, 3.8) is 0 Å². The predicted octanol–water partition coefficient (Wildman–Crippen LogP) is 5.12. The summed E-state index contributed by atoms with van der Waals surface area (Å²) in [6.45, 7) is 4.07. The van der Waals surface area contributed by atoms with Gasteiger partial charge in [-0.25, -0.2) is 4.79 Å².